The Bertz CT molecular complexity index is 541. The number of hydrogen-bond donors (Lipinski definition) is 1. The molecule has 0 saturated carbocycles. The molecule has 2 aromatic rings. The van der Waals surface area contributed by atoms with Gasteiger partial charge in [-0.2, -0.15) is 0 Å². The molecule has 4 heteroatoms. The Morgan fingerprint density at radius 2 is 2.12 bits per heavy atom. The maximum atomic E-state index is 4.66. The molecule has 1 aromatic heterocycles. The summed E-state index contributed by atoms with van der Waals surface area (Å²) in [7, 11) is 0. The summed E-state index contributed by atoms with van der Waals surface area (Å²) in [6, 6.07) is 6.96. The van der Waals surface area contributed by atoms with E-state index < -0.39 is 0 Å². The third-order valence-corrected chi connectivity index (χ3v) is 3.99. The third kappa shape index (κ3) is 2.00. The Kier molecular flexibility index (Phi) is 2.92. The summed E-state index contributed by atoms with van der Waals surface area (Å²) in [6.07, 6.45) is 2.39. The first-order valence-corrected chi connectivity index (χ1v) is 6.90. The van der Waals surface area contributed by atoms with Crippen molar-refractivity contribution >= 4 is 27.0 Å². The summed E-state index contributed by atoms with van der Waals surface area (Å²) in [5, 5.41) is 3.41. The van der Waals surface area contributed by atoms with Crippen LogP contribution in [0.4, 0.5) is 0 Å². The van der Waals surface area contributed by atoms with Gasteiger partial charge in [-0.05, 0) is 51.1 Å². The number of halogens is 1. The van der Waals surface area contributed by atoms with Crippen molar-refractivity contribution in [3.63, 3.8) is 0 Å². The smallest absolute Gasteiger partial charge is 0.106 e. The maximum absolute atomic E-state index is 4.66. The molecular weight excluding hydrogens is 278 g/mol. The van der Waals surface area contributed by atoms with Crippen molar-refractivity contribution in [2.24, 2.45) is 0 Å². The summed E-state index contributed by atoms with van der Waals surface area (Å²) in [4.78, 5) is 4.66. The van der Waals surface area contributed by atoms with E-state index >= 15 is 0 Å². The van der Waals surface area contributed by atoms with E-state index in [2.05, 4.69) is 55.9 Å². The molecule has 90 valence electrons. The van der Waals surface area contributed by atoms with Gasteiger partial charge in [-0.25, -0.2) is 4.98 Å². The first-order valence-electron chi connectivity index (χ1n) is 6.10. The Balaban J connectivity index is 2.11. The highest BCUT2D eigenvalue weighted by atomic mass is 79.9. The van der Waals surface area contributed by atoms with Crippen LogP contribution >= 0.6 is 15.9 Å². The second kappa shape index (κ2) is 4.42. The maximum Gasteiger partial charge on any atom is 0.106 e. The number of nitrogens with one attached hydrogen (secondary N) is 1. The predicted molar refractivity (Wildman–Crippen MR) is 73.3 cm³/mol. The van der Waals surface area contributed by atoms with Crippen molar-refractivity contribution in [1.29, 1.82) is 0 Å². The van der Waals surface area contributed by atoms with Gasteiger partial charge in [0.15, 0.2) is 0 Å². The molecule has 1 aliphatic rings. The second-order valence-corrected chi connectivity index (χ2v) is 5.56. The van der Waals surface area contributed by atoms with Crippen LogP contribution < -0.4 is 5.32 Å². The lowest BCUT2D eigenvalue weighted by molar-refractivity contribution is 0.370. The van der Waals surface area contributed by atoms with Crippen LogP contribution in [0, 0.1) is 6.92 Å². The molecule has 1 aromatic carbocycles. The molecule has 1 aliphatic heterocycles. The minimum Gasteiger partial charge on any atom is -0.325 e. The molecule has 17 heavy (non-hydrogen) atoms. The summed E-state index contributed by atoms with van der Waals surface area (Å²) >= 11 is 3.50. The Labute approximate surface area is 109 Å². The van der Waals surface area contributed by atoms with Crippen molar-refractivity contribution < 1.29 is 0 Å². The lowest BCUT2D eigenvalue weighted by Crippen LogP contribution is -2.29. The lowest BCUT2D eigenvalue weighted by atomic mass is 10.1. The summed E-state index contributed by atoms with van der Waals surface area (Å²) in [5.41, 5.74) is 2.35. The standard InChI is InChI=1S/C13H16BrN3/c1-9-16-12-8-10(14)2-3-13(12)17(9)11-4-6-15-7-5-11/h2-3,8,11,15H,4-7H2,1H3. The Morgan fingerprint density at radius 1 is 1.35 bits per heavy atom. The van der Waals surface area contributed by atoms with Gasteiger partial charge in [-0.3, -0.25) is 0 Å². The van der Waals surface area contributed by atoms with Gasteiger partial charge >= 0.3 is 0 Å². The number of benzene rings is 1. The Morgan fingerprint density at radius 3 is 2.88 bits per heavy atom. The number of fused-ring (bicyclic) bond motifs is 1. The molecule has 0 amide bonds. The van der Waals surface area contributed by atoms with Gasteiger partial charge in [0.2, 0.25) is 0 Å². The van der Waals surface area contributed by atoms with Crippen LogP contribution in [0.5, 0.6) is 0 Å². The van der Waals surface area contributed by atoms with E-state index in [0.717, 1.165) is 28.9 Å². The predicted octanol–water partition coefficient (Wildman–Crippen LogP) is 3.03. The molecule has 3 nitrogen and oxygen atoms in total. The number of aromatic nitrogens is 2. The number of imidazole rings is 1. The zero-order valence-electron chi connectivity index (χ0n) is 9.91. The van der Waals surface area contributed by atoms with Gasteiger partial charge in [0.25, 0.3) is 0 Å². The van der Waals surface area contributed by atoms with E-state index in [0.29, 0.717) is 6.04 Å². The van der Waals surface area contributed by atoms with Crippen molar-refractivity contribution in [1.82, 2.24) is 14.9 Å². The number of piperidine rings is 1. The van der Waals surface area contributed by atoms with Crippen LogP contribution in [0.1, 0.15) is 24.7 Å². The van der Waals surface area contributed by atoms with Crippen LogP contribution in [0.2, 0.25) is 0 Å². The minimum atomic E-state index is 0.599. The van der Waals surface area contributed by atoms with Gasteiger partial charge in [0.05, 0.1) is 11.0 Å². The molecule has 0 bridgehead atoms. The van der Waals surface area contributed by atoms with Gasteiger partial charge < -0.3 is 9.88 Å². The van der Waals surface area contributed by atoms with Crippen molar-refractivity contribution in [3.8, 4) is 0 Å². The highest BCUT2D eigenvalue weighted by Crippen LogP contribution is 2.28. The normalized spacial score (nSPS) is 17.8. The second-order valence-electron chi connectivity index (χ2n) is 4.64. The van der Waals surface area contributed by atoms with Crippen molar-refractivity contribution in [2.75, 3.05) is 13.1 Å². The van der Waals surface area contributed by atoms with E-state index in [1.165, 1.54) is 18.4 Å². The van der Waals surface area contributed by atoms with Crippen molar-refractivity contribution in [2.45, 2.75) is 25.8 Å². The molecule has 2 heterocycles. The quantitative estimate of drug-likeness (QED) is 0.876. The lowest BCUT2D eigenvalue weighted by Gasteiger charge is -2.25. The molecule has 1 fully saturated rings. The first-order chi connectivity index (χ1) is 8.25. The van der Waals surface area contributed by atoms with Crippen molar-refractivity contribution in [3.05, 3.63) is 28.5 Å². The number of hydrogen-bond acceptors (Lipinski definition) is 2. The summed E-state index contributed by atoms with van der Waals surface area (Å²) in [6.45, 7) is 4.33. The molecule has 0 aliphatic carbocycles. The van der Waals surface area contributed by atoms with Crippen LogP contribution in [-0.2, 0) is 0 Å². The number of nitrogens with zero attached hydrogens (tertiary/aromatic N) is 2. The first kappa shape index (κ1) is 11.2. The summed E-state index contributed by atoms with van der Waals surface area (Å²) in [5.74, 6) is 1.13. The monoisotopic (exact) mass is 293 g/mol. The summed E-state index contributed by atoms with van der Waals surface area (Å²) < 4.78 is 3.50. The van der Waals surface area contributed by atoms with Crippen LogP contribution in [0.3, 0.4) is 0 Å². The average molecular weight is 294 g/mol. The van der Waals surface area contributed by atoms with Gasteiger partial charge in [-0.1, -0.05) is 15.9 Å². The highest BCUT2D eigenvalue weighted by molar-refractivity contribution is 9.10. The largest absolute Gasteiger partial charge is 0.325 e. The molecule has 1 saturated heterocycles. The molecule has 0 unspecified atom stereocenters. The zero-order chi connectivity index (χ0) is 11.8. The van der Waals surface area contributed by atoms with Gasteiger partial charge in [-0.15, -0.1) is 0 Å². The molecule has 0 spiro atoms. The SMILES string of the molecule is Cc1nc2cc(Br)ccc2n1C1CCNCC1. The zero-order valence-corrected chi connectivity index (χ0v) is 11.5. The number of rotatable bonds is 1. The fourth-order valence-electron chi connectivity index (χ4n) is 2.72. The fraction of sp³-hybridized carbons (Fsp3) is 0.462. The third-order valence-electron chi connectivity index (χ3n) is 3.50. The van der Waals surface area contributed by atoms with E-state index in [1.807, 2.05) is 0 Å². The fourth-order valence-corrected chi connectivity index (χ4v) is 3.07. The molecule has 1 N–H and O–H groups in total. The molecule has 0 atom stereocenters. The molecular formula is C13H16BrN3. The Hall–Kier alpha value is -0.870. The van der Waals surface area contributed by atoms with Gasteiger partial charge in [0, 0.05) is 10.5 Å². The van der Waals surface area contributed by atoms with Gasteiger partial charge in [0.1, 0.15) is 5.82 Å². The number of aryl methyl sites for hydroxylation is 1. The highest BCUT2D eigenvalue weighted by Gasteiger charge is 2.19. The van der Waals surface area contributed by atoms with E-state index in [1.54, 1.807) is 0 Å². The molecule has 3 rings (SSSR count). The topological polar surface area (TPSA) is 29.9 Å². The van der Waals surface area contributed by atoms with Crippen LogP contribution in [-0.4, -0.2) is 22.6 Å². The van der Waals surface area contributed by atoms with E-state index in [-0.39, 0.29) is 0 Å². The van der Waals surface area contributed by atoms with E-state index in [9.17, 15) is 0 Å². The van der Waals surface area contributed by atoms with E-state index in [4.69, 9.17) is 0 Å². The van der Waals surface area contributed by atoms with Crippen LogP contribution in [0.15, 0.2) is 22.7 Å². The molecule has 0 radical (unpaired) electrons. The average Bonchev–Trinajstić information content (AvgIpc) is 2.65. The minimum absolute atomic E-state index is 0.599. The van der Waals surface area contributed by atoms with Crippen LogP contribution in [0.25, 0.3) is 11.0 Å².